The number of hydrogen-bond donors (Lipinski definition) is 0. The van der Waals surface area contributed by atoms with E-state index in [-0.39, 0.29) is 0 Å². The Morgan fingerprint density at radius 3 is 1.57 bits per heavy atom. The van der Waals surface area contributed by atoms with Gasteiger partial charge in [-0.15, -0.1) is 0 Å². The van der Waals surface area contributed by atoms with E-state index in [9.17, 15) is 0 Å². The molecule has 4 aromatic carbocycles. The van der Waals surface area contributed by atoms with Gasteiger partial charge in [0.25, 0.3) is 0 Å². The molecule has 0 heterocycles. The molecule has 0 atom stereocenters. The Labute approximate surface area is 136 Å². The van der Waals surface area contributed by atoms with E-state index in [1.807, 2.05) is 0 Å². The lowest BCUT2D eigenvalue weighted by molar-refractivity contribution is 1.01. The van der Waals surface area contributed by atoms with Crippen molar-refractivity contribution in [1.29, 1.82) is 0 Å². The van der Waals surface area contributed by atoms with E-state index < -0.39 is 0 Å². The van der Waals surface area contributed by atoms with Gasteiger partial charge in [0, 0.05) is 0 Å². The highest BCUT2D eigenvalue weighted by molar-refractivity contribution is 5.87. The molecule has 0 fully saturated rings. The second-order valence-corrected chi connectivity index (χ2v) is 6.79. The van der Waals surface area contributed by atoms with Crippen LogP contribution in [0.5, 0.6) is 0 Å². The number of fused-ring (bicyclic) bond motifs is 4. The first-order valence-electron chi connectivity index (χ1n) is 8.29. The third-order valence-electron chi connectivity index (χ3n) is 5.14. The van der Waals surface area contributed by atoms with Gasteiger partial charge < -0.3 is 0 Å². The van der Waals surface area contributed by atoms with Crippen LogP contribution in [0.15, 0.2) is 66.7 Å². The minimum atomic E-state index is 1.05. The van der Waals surface area contributed by atoms with Gasteiger partial charge in [-0.1, -0.05) is 72.3 Å². The number of hydrogen-bond acceptors (Lipinski definition) is 0. The van der Waals surface area contributed by atoms with Crippen molar-refractivity contribution in [3.63, 3.8) is 0 Å². The Bertz CT molecular complexity index is 1070. The summed E-state index contributed by atoms with van der Waals surface area (Å²) < 4.78 is 0. The molecule has 0 unspecified atom stereocenters. The molecule has 0 saturated heterocycles. The van der Waals surface area contributed by atoms with Gasteiger partial charge >= 0.3 is 0 Å². The molecule has 0 nitrogen and oxygen atoms in total. The number of rotatable bonds is 0. The fraction of sp³-hybridized carbons (Fsp3) is 0.130. The molecule has 0 amide bonds. The van der Waals surface area contributed by atoms with E-state index in [0.29, 0.717) is 0 Å². The largest absolute Gasteiger partial charge is 0.0616 e. The fourth-order valence-corrected chi connectivity index (χ4v) is 3.91. The van der Waals surface area contributed by atoms with Crippen LogP contribution in [-0.2, 0) is 12.8 Å². The van der Waals surface area contributed by atoms with Crippen LogP contribution in [0.25, 0.3) is 21.5 Å². The fourth-order valence-electron chi connectivity index (χ4n) is 3.91. The third-order valence-corrected chi connectivity index (χ3v) is 5.14. The minimum Gasteiger partial charge on any atom is -0.0616 e. The van der Waals surface area contributed by atoms with Gasteiger partial charge in [-0.25, -0.2) is 0 Å². The van der Waals surface area contributed by atoms with Crippen LogP contribution < -0.4 is 0 Å². The lowest BCUT2D eigenvalue weighted by atomic mass is 9.83. The monoisotopic (exact) mass is 294 g/mol. The van der Waals surface area contributed by atoms with E-state index in [1.54, 1.807) is 0 Å². The third kappa shape index (κ3) is 2.06. The number of aryl methyl sites for hydroxylation is 1. The van der Waals surface area contributed by atoms with Gasteiger partial charge in [0.1, 0.15) is 0 Å². The van der Waals surface area contributed by atoms with E-state index in [1.165, 1.54) is 49.4 Å². The predicted octanol–water partition coefficient (Wildman–Crippen LogP) is 5.80. The molecular weight excluding hydrogens is 276 g/mol. The van der Waals surface area contributed by atoms with Gasteiger partial charge in [-0.05, 0) is 63.6 Å². The number of benzene rings is 4. The maximum Gasteiger partial charge on any atom is -0.00196 e. The highest BCUT2D eigenvalue weighted by Gasteiger charge is 2.16. The summed E-state index contributed by atoms with van der Waals surface area (Å²) in [5, 5.41) is 5.43. The molecule has 0 radical (unpaired) electrons. The second-order valence-electron chi connectivity index (χ2n) is 6.79. The molecule has 110 valence electrons. The lowest BCUT2D eigenvalue weighted by Crippen LogP contribution is -2.07. The van der Waals surface area contributed by atoms with Crippen LogP contribution >= 0.6 is 0 Å². The van der Waals surface area contributed by atoms with Crippen molar-refractivity contribution >= 4 is 21.5 Å². The molecule has 0 aliphatic heterocycles. The van der Waals surface area contributed by atoms with Crippen LogP contribution in [0.1, 0.15) is 27.8 Å². The second kappa shape index (κ2) is 4.70. The lowest BCUT2D eigenvalue weighted by Gasteiger charge is -2.21. The first-order valence-corrected chi connectivity index (χ1v) is 8.29. The van der Waals surface area contributed by atoms with Crippen LogP contribution in [0, 0.1) is 6.92 Å². The Hall–Kier alpha value is -2.60. The molecule has 5 rings (SSSR count). The molecule has 0 aromatic heterocycles. The van der Waals surface area contributed by atoms with Crippen molar-refractivity contribution in [1.82, 2.24) is 0 Å². The molecule has 0 bridgehead atoms. The molecule has 0 N–H and O–H groups in total. The topological polar surface area (TPSA) is 0 Å². The van der Waals surface area contributed by atoms with Crippen molar-refractivity contribution in [2.75, 3.05) is 0 Å². The standard InChI is InChI=1S/C23H18/c1-15-6-7-18-11-22-13-20-9-16-4-2-3-5-17(16)10-21(20)14-23(22)12-19(18)8-15/h2-12H,13-14H2,1H3. The highest BCUT2D eigenvalue weighted by Crippen LogP contribution is 2.33. The van der Waals surface area contributed by atoms with E-state index in [4.69, 9.17) is 0 Å². The first kappa shape index (κ1) is 12.9. The van der Waals surface area contributed by atoms with Crippen molar-refractivity contribution in [2.24, 2.45) is 0 Å². The van der Waals surface area contributed by atoms with Crippen molar-refractivity contribution in [3.8, 4) is 0 Å². The molecular formula is C23H18. The van der Waals surface area contributed by atoms with Gasteiger partial charge in [0.15, 0.2) is 0 Å². The quantitative estimate of drug-likeness (QED) is 0.339. The summed E-state index contributed by atoms with van der Waals surface area (Å²) in [7, 11) is 0. The van der Waals surface area contributed by atoms with Gasteiger partial charge in [-0.3, -0.25) is 0 Å². The van der Waals surface area contributed by atoms with Gasteiger partial charge in [0.2, 0.25) is 0 Å². The smallest absolute Gasteiger partial charge is 0.00196 e. The first-order chi connectivity index (χ1) is 11.3. The van der Waals surface area contributed by atoms with Gasteiger partial charge in [0.05, 0.1) is 0 Å². The van der Waals surface area contributed by atoms with E-state index in [2.05, 4.69) is 73.7 Å². The minimum absolute atomic E-state index is 1.05. The molecule has 0 saturated carbocycles. The molecule has 0 heteroatoms. The SMILES string of the molecule is Cc1ccc2cc3c(cc2c1)Cc1cc2ccccc2cc1C3. The Kier molecular flexibility index (Phi) is 2.63. The molecule has 23 heavy (non-hydrogen) atoms. The van der Waals surface area contributed by atoms with Crippen LogP contribution in [-0.4, -0.2) is 0 Å². The maximum absolute atomic E-state index is 2.40. The summed E-state index contributed by atoms with van der Waals surface area (Å²) in [5.41, 5.74) is 7.29. The summed E-state index contributed by atoms with van der Waals surface area (Å²) in [6, 6.07) is 25.0. The Morgan fingerprint density at radius 2 is 1.00 bits per heavy atom. The van der Waals surface area contributed by atoms with E-state index in [0.717, 1.165) is 12.8 Å². The Morgan fingerprint density at radius 1 is 0.522 bits per heavy atom. The molecule has 4 aromatic rings. The summed E-state index contributed by atoms with van der Waals surface area (Å²) in [5.74, 6) is 0. The van der Waals surface area contributed by atoms with Crippen LogP contribution in [0.4, 0.5) is 0 Å². The normalized spacial score (nSPS) is 13.1. The average Bonchev–Trinajstić information content (AvgIpc) is 2.56. The summed E-state index contributed by atoms with van der Waals surface area (Å²) >= 11 is 0. The summed E-state index contributed by atoms with van der Waals surface area (Å²) in [6.45, 7) is 2.17. The van der Waals surface area contributed by atoms with Crippen LogP contribution in [0.2, 0.25) is 0 Å². The van der Waals surface area contributed by atoms with Crippen LogP contribution in [0.3, 0.4) is 0 Å². The zero-order valence-electron chi connectivity index (χ0n) is 13.3. The van der Waals surface area contributed by atoms with Crippen molar-refractivity contribution in [3.05, 3.63) is 94.5 Å². The highest BCUT2D eigenvalue weighted by atomic mass is 14.2. The zero-order chi connectivity index (χ0) is 15.4. The van der Waals surface area contributed by atoms with Crippen molar-refractivity contribution in [2.45, 2.75) is 19.8 Å². The van der Waals surface area contributed by atoms with Gasteiger partial charge in [-0.2, -0.15) is 0 Å². The predicted molar refractivity (Wildman–Crippen MR) is 98.2 cm³/mol. The zero-order valence-corrected chi connectivity index (χ0v) is 13.3. The summed E-state index contributed by atoms with van der Waals surface area (Å²) in [6.07, 6.45) is 2.11. The maximum atomic E-state index is 2.40. The molecule has 1 aliphatic carbocycles. The Balaban J connectivity index is 1.70. The molecule has 1 aliphatic rings. The molecule has 0 spiro atoms. The van der Waals surface area contributed by atoms with Crippen molar-refractivity contribution < 1.29 is 0 Å². The average molecular weight is 294 g/mol. The van der Waals surface area contributed by atoms with E-state index >= 15 is 0 Å². The summed E-state index contributed by atoms with van der Waals surface area (Å²) in [4.78, 5) is 0.